The smallest absolute Gasteiger partial charge is 0.216 e. The van der Waals surface area contributed by atoms with Crippen LogP contribution in [0.25, 0.3) is 0 Å². The third-order valence-corrected chi connectivity index (χ3v) is 3.01. The van der Waals surface area contributed by atoms with Crippen LogP contribution in [0.15, 0.2) is 24.3 Å². The van der Waals surface area contributed by atoms with Gasteiger partial charge in [-0.3, -0.25) is 9.59 Å². The fourth-order valence-corrected chi connectivity index (χ4v) is 1.86. The fourth-order valence-electron chi connectivity index (χ4n) is 1.23. The summed E-state index contributed by atoms with van der Waals surface area (Å²) in [6.07, 6.45) is 0. The first kappa shape index (κ1) is 12.9. The van der Waals surface area contributed by atoms with Gasteiger partial charge in [0.1, 0.15) is 10.6 Å². The molecule has 86 valence electrons. The Morgan fingerprint density at radius 3 is 2.31 bits per heavy atom. The van der Waals surface area contributed by atoms with Crippen molar-refractivity contribution in [1.29, 1.82) is 0 Å². The number of benzene rings is 1. The number of alkyl halides is 1. The molecule has 0 aromatic heterocycles. The number of rotatable bonds is 5. The molecule has 0 bridgehead atoms. The monoisotopic (exact) mass is 284 g/mol. The van der Waals surface area contributed by atoms with E-state index in [0.717, 1.165) is 11.3 Å². The summed E-state index contributed by atoms with van der Waals surface area (Å²) in [7, 11) is 0. The minimum atomic E-state index is -0.569. The molecular weight excluding hydrogens is 272 g/mol. The molecule has 0 saturated carbocycles. The third kappa shape index (κ3) is 3.17. The van der Waals surface area contributed by atoms with E-state index >= 15 is 0 Å². The van der Waals surface area contributed by atoms with E-state index in [4.69, 9.17) is 4.74 Å². The number of carbonyl (C=O) groups excluding carboxylic acids is 2. The van der Waals surface area contributed by atoms with Crippen molar-refractivity contribution in [2.75, 3.05) is 6.61 Å². The molecule has 1 aromatic carbocycles. The van der Waals surface area contributed by atoms with Crippen LogP contribution in [0.1, 0.15) is 24.2 Å². The van der Waals surface area contributed by atoms with E-state index in [1.54, 1.807) is 24.3 Å². The van der Waals surface area contributed by atoms with Gasteiger partial charge in [-0.2, -0.15) is 0 Å². The molecule has 1 atom stereocenters. The molecule has 0 fully saturated rings. The summed E-state index contributed by atoms with van der Waals surface area (Å²) < 4.78 is 5.28. The first-order chi connectivity index (χ1) is 7.56. The van der Waals surface area contributed by atoms with Gasteiger partial charge in [0.15, 0.2) is 5.78 Å². The summed E-state index contributed by atoms with van der Waals surface area (Å²) in [6.45, 7) is 3.77. The average Bonchev–Trinajstić information content (AvgIpc) is 2.28. The topological polar surface area (TPSA) is 43.4 Å². The lowest BCUT2D eigenvalue weighted by molar-refractivity contribution is -0.135. The first-order valence-corrected chi connectivity index (χ1v) is 5.89. The molecule has 1 aromatic rings. The zero-order chi connectivity index (χ0) is 12.1. The summed E-state index contributed by atoms with van der Waals surface area (Å²) in [5.74, 6) is -0.138. The zero-order valence-corrected chi connectivity index (χ0v) is 10.8. The molecule has 1 rings (SSSR count). The maximum absolute atomic E-state index is 11.4. The van der Waals surface area contributed by atoms with Crippen molar-refractivity contribution in [3.05, 3.63) is 29.8 Å². The molecule has 0 aliphatic carbocycles. The van der Waals surface area contributed by atoms with E-state index in [1.807, 2.05) is 6.92 Å². The molecule has 1 unspecified atom stereocenters. The second kappa shape index (κ2) is 5.80. The standard InChI is InChI=1S/C12H13BrO3/c1-3-16-10-6-4-9(5-7-10)11(13)12(15)8(2)14/h4-7,11H,3H2,1-2H3. The Morgan fingerprint density at radius 1 is 1.31 bits per heavy atom. The highest BCUT2D eigenvalue weighted by atomic mass is 79.9. The number of ketones is 2. The van der Waals surface area contributed by atoms with E-state index < -0.39 is 16.4 Å². The number of halogens is 1. The van der Waals surface area contributed by atoms with E-state index in [1.165, 1.54) is 6.92 Å². The van der Waals surface area contributed by atoms with Gasteiger partial charge in [-0.05, 0) is 24.6 Å². The predicted molar refractivity (Wildman–Crippen MR) is 65.0 cm³/mol. The van der Waals surface area contributed by atoms with Gasteiger partial charge in [0.2, 0.25) is 5.78 Å². The molecule has 0 aliphatic rings. The number of carbonyl (C=O) groups is 2. The summed E-state index contributed by atoms with van der Waals surface area (Å²) in [4.78, 5) is 21.8. The summed E-state index contributed by atoms with van der Waals surface area (Å²) >= 11 is 3.20. The number of ether oxygens (including phenoxy) is 1. The fraction of sp³-hybridized carbons (Fsp3) is 0.333. The van der Waals surface area contributed by atoms with E-state index in [9.17, 15) is 9.59 Å². The number of Topliss-reactive ketones (excluding diaryl/α,β-unsaturated/α-hetero) is 2. The highest BCUT2D eigenvalue weighted by Gasteiger charge is 2.20. The third-order valence-electron chi connectivity index (χ3n) is 2.06. The maximum atomic E-state index is 11.4. The van der Waals surface area contributed by atoms with Crippen LogP contribution in [0.2, 0.25) is 0 Å². The van der Waals surface area contributed by atoms with Gasteiger partial charge in [0.05, 0.1) is 6.61 Å². The number of hydrogen-bond acceptors (Lipinski definition) is 3. The molecule has 0 saturated heterocycles. The molecule has 0 N–H and O–H groups in total. The van der Waals surface area contributed by atoms with Crippen LogP contribution in [0.3, 0.4) is 0 Å². The van der Waals surface area contributed by atoms with Crippen LogP contribution in [-0.4, -0.2) is 18.2 Å². The van der Waals surface area contributed by atoms with Crippen LogP contribution < -0.4 is 4.74 Å². The second-order valence-electron chi connectivity index (χ2n) is 3.29. The Balaban J connectivity index is 2.81. The van der Waals surface area contributed by atoms with Gasteiger partial charge in [0, 0.05) is 6.92 Å². The second-order valence-corrected chi connectivity index (χ2v) is 4.20. The number of hydrogen-bond donors (Lipinski definition) is 0. The van der Waals surface area contributed by atoms with Gasteiger partial charge < -0.3 is 4.74 Å². The normalized spacial score (nSPS) is 11.9. The Hall–Kier alpha value is -1.16. The van der Waals surface area contributed by atoms with Crippen LogP contribution in [0.4, 0.5) is 0 Å². The van der Waals surface area contributed by atoms with Crippen LogP contribution in [0, 0.1) is 0 Å². The van der Waals surface area contributed by atoms with Gasteiger partial charge >= 0.3 is 0 Å². The van der Waals surface area contributed by atoms with Crippen molar-refractivity contribution in [2.45, 2.75) is 18.7 Å². The maximum Gasteiger partial charge on any atom is 0.216 e. The minimum absolute atomic E-state index is 0.441. The molecule has 16 heavy (non-hydrogen) atoms. The summed E-state index contributed by atoms with van der Waals surface area (Å²) in [5, 5.41) is 0. The minimum Gasteiger partial charge on any atom is -0.494 e. The average molecular weight is 285 g/mol. The quantitative estimate of drug-likeness (QED) is 0.617. The van der Waals surface area contributed by atoms with Crippen molar-refractivity contribution in [3.8, 4) is 5.75 Å². The molecule has 0 aliphatic heterocycles. The van der Waals surface area contributed by atoms with Gasteiger partial charge in [0.25, 0.3) is 0 Å². The zero-order valence-electron chi connectivity index (χ0n) is 9.20. The van der Waals surface area contributed by atoms with E-state index in [-0.39, 0.29) is 0 Å². The highest BCUT2D eigenvalue weighted by Crippen LogP contribution is 2.25. The van der Waals surface area contributed by atoms with Crippen molar-refractivity contribution < 1.29 is 14.3 Å². The lowest BCUT2D eigenvalue weighted by Gasteiger charge is -2.08. The lowest BCUT2D eigenvalue weighted by atomic mass is 10.1. The van der Waals surface area contributed by atoms with Gasteiger partial charge in [-0.25, -0.2) is 0 Å². The molecule has 3 nitrogen and oxygen atoms in total. The Kier molecular flexibility index (Phi) is 4.68. The van der Waals surface area contributed by atoms with Crippen molar-refractivity contribution in [2.24, 2.45) is 0 Å². The molecule has 0 spiro atoms. The molecule has 4 heteroatoms. The van der Waals surface area contributed by atoms with Crippen LogP contribution in [-0.2, 0) is 9.59 Å². The highest BCUT2D eigenvalue weighted by molar-refractivity contribution is 9.09. The predicted octanol–water partition coefficient (Wildman–Crippen LogP) is 2.68. The van der Waals surface area contributed by atoms with E-state index in [2.05, 4.69) is 15.9 Å². The summed E-state index contributed by atoms with van der Waals surface area (Å²) in [6, 6.07) is 7.09. The Bertz CT molecular complexity index is 384. The summed E-state index contributed by atoms with van der Waals surface area (Å²) in [5.41, 5.74) is 0.753. The lowest BCUT2D eigenvalue weighted by Crippen LogP contribution is -2.15. The Labute approximate surface area is 103 Å². The van der Waals surface area contributed by atoms with Crippen LogP contribution in [0.5, 0.6) is 5.75 Å². The molecule has 0 heterocycles. The first-order valence-electron chi connectivity index (χ1n) is 4.98. The van der Waals surface area contributed by atoms with Crippen LogP contribution >= 0.6 is 15.9 Å². The molecule has 0 amide bonds. The Morgan fingerprint density at radius 2 is 1.88 bits per heavy atom. The molecular formula is C12H13BrO3. The van der Waals surface area contributed by atoms with Crippen molar-refractivity contribution in [3.63, 3.8) is 0 Å². The van der Waals surface area contributed by atoms with Crippen molar-refractivity contribution >= 4 is 27.5 Å². The molecule has 0 radical (unpaired) electrons. The van der Waals surface area contributed by atoms with Crippen molar-refractivity contribution in [1.82, 2.24) is 0 Å². The SMILES string of the molecule is CCOc1ccc(C(Br)C(=O)C(C)=O)cc1. The van der Waals surface area contributed by atoms with E-state index in [0.29, 0.717) is 6.61 Å². The largest absolute Gasteiger partial charge is 0.494 e. The van der Waals surface area contributed by atoms with Gasteiger partial charge in [-0.1, -0.05) is 28.1 Å². The van der Waals surface area contributed by atoms with Gasteiger partial charge in [-0.15, -0.1) is 0 Å².